The number of nitrogens with zero attached hydrogens (tertiary/aromatic N) is 1. The van der Waals surface area contributed by atoms with Gasteiger partial charge in [-0.05, 0) is 67.1 Å². The van der Waals surface area contributed by atoms with E-state index in [9.17, 15) is 9.18 Å². The third kappa shape index (κ3) is 4.29. The van der Waals surface area contributed by atoms with Gasteiger partial charge in [0.15, 0.2) is 11.5 Å². The summed E-state index contributed by atoms with van der Waals surface area (Å²) in [4.78, 5) is 14.8. The molecule has 0 unspecified atom stereocenters. The van der Waals surface area contributed by atoms with Gasteiger partial charge < -0.3 is 14.8 Å². The molecule has 30 heavy (non-hydrogen) atoms. The van der Waals surface area contributed by atoms with E-state index in [1.54, 1.807) is 26.4 Å². The van der Waals surface area contributed by atoms with Crippen molar-refractivity contribution in [1.29, 1.82) is 0 Å². The van der Waals surface area contributed by atoms with Crippen LogP contribution >= 0.6 is 0 Å². The Balaban J connectivity index is 1.68. The van der Waals surface area contributed by atoms with E-state index < -0.39 is 0 Å². The molecule has 2 aromatic rings. The van der Waals surface area contributed by atoms with E-state index in [2.05, 4.69) is 17.1 Å². The molecule has 1 fully saturated rings. The van der Waals surface area contributed by atoms with Crippen molar-refractivity contribution in [2.75, 3.05) is 20.8 Å². The molecule has 1 aliphatic carbocycles. The lowest BCUT2D eigenvalue weighted by atomic mass is 9.87. The zero-order chi connectivity index (χ0) is 21.3. The predicted octanol–water partition coefficient (Wildman–Crippen LogP) is 3.86. The Hall–Kier alpha value is -2.60. The number of nitrogens with one attached hydrogen (secondary N) is 1. The van der Waals surface area contributed by atoms with Crippen molar-refractivity contribution < 1.29 is 18.7 Å². The highest BCUT2D eigenvalue weighted by molar-refractivity contribution is 5.81. The first-order valence-electron chi connectivity index (χ1n) is 10.5. The maximum absolute atomic E-state index is 13.8. The molecule has 0 aromatic heterocycles. The highest BCUT2D eigenvalue weighted by Crippen LogP contribution is 2.40. The smallest absolute Gasteiger partial charge is 0.223 e. The second kappa shape index (κ2) is 8.64. The Morgan fingerprint density at radius 2 is 1.93 bits per heavy atom. The summed E-state index contributed by atoms with van der Waals surface area (Å²) >= 11 is 0. The Morgan fingerprint density at radius 3 is 2.60 bits per heavy atom. The summed E-state index contributed by atoms with van der Waals surface area (Å²) in [5.74, 6) is 1.43. The van der Waals surface area contributed by atoms with Crippen LogP contribution in [-0.4, -0.2) is 37.6 Å². The second-order valence-electron chi connectivity index (χ2n) is 8.27. The zero-order valence-corrected chi connectivity index (χ0v) is 17.8. The molecule has 6 heteroatoms. The first-order valence-corrected chi connectivity index (χ1v) is 10.5. The van der Waals surface area contributed by atoms with Crippen molar-refractivity contribution in [3.63, 3.8) is 0 Å². The van der Waals surface area contributed by atoms with Crippen LogP contribution in [0.1, 0.15) is 42.5 Å². The van der Waals surface area contributed by atoms with Crippen LogP contribution in [0.25, 0.3) is 0 Å². The van der Waals surface area contributed by atoms with Crippen molar-refractivity contribution >= 4 is 5.91 Å². The lowest BCUT2D eigenvalue weighted by Crippen LogP contribution is -2.47. The van der Waals surface area contributed by atoms with Crippen LogP contribution < -0.4 is 14.8 Å². The highest BCUT2D eigenvalue weighted by atomic mass is 19.1. The summed E-state index contributed by atoms with van der Waals surface area (Å²) in [6.07, 6.45) is 2.79. The molecule has 2 aliphatic rings. The Bertz CT molecular complexity index is 929. The Labute approximate surface area is 177 Å². The molecule has 0 spiro atoms. The molecule has 1 saturated carbocycles. The van der Waals surface area contributed by atoms with Crippen LogP contribution in [0.2, 0.25) is 0 Å². The van der Waals surface area contributed by atoms with Gasteiger partial charge in [0.25, 0.3) is 0 Å². The topological polar surface area (TPSA) is 50.8 Å². The third-order valence-corrected chi connectivity index (χ3v) is 6.09. The molecule has 1 amide bonds. The molecule has 1 aliphatic heterocycles. The van der Waals surface area contributed by atoms with Gasteiger partial charge in [-0.15, -0.1) is 0 Å². The van der Waals surface area contributed by atoms with Gasteiger partial charge in [0.1, 0.15) is 5.82 Å². The molecule has 1 N–H and O–H groups in total. The summed E-state index contributed by atoms with van der Waals surface area (Å²) < 4.78 is 24.8. The van der Waals surface area contributed by atoms with Crippen LogP contribution in [0, 0.1) is 11.7 Å². The van der Waals surface area contributed by atoms with Gasteiger partial charge in [-0.1, -0.05) is 12.1 Å². The summed E-state index contributed by atoms with van der Waals surface area (Å²) in [6, 6.07) is 10.6. The van der Waals surface area contributed by atoms with Crippen LogP contribution in [0.15, 0.2) is 36.4 Å². The average Bonchev–Trinajstić information content (AvgIpc) is 3.58. The molecule has 4 rings (SSSR count). The van der Waals surface area contributed by atoms with Crippen molar-refractivity contribution in [3.05, 3.63) is 58.9 Å². The third-order valence-electron chi connectivity index (χ3n) is 6.09. The fraction of sp³-hybridized carbons (Fsp3) is 0.458. The number of benzene rings is 2. The number of ether oxygens (including phenoxy) is 2. The van der Waals surface area contributed by atoms with E-state index in [1.165, 1.54) is 11.6 Å². The summed E-state index contributed by atoms with van der Waals surface area (Å²) in [5, 5.41) is 3.22. The maximum atomic E-state index is 13.8. The first-order chi connectivity index (χ1) is 14.5. The number of fused-ring (bicyclic) bond motifs is 1. The standard InChI is InChI=1S/C24H29FN2O3/c1-15(26-24(28)17-7-8-17)23-20-13-22(30-3)21(29-2)12-18(20)9-10-27(23)14-16-5-4-6-19(25)11-16/h4-6,11-13,15,17,23H,7-10,14H2,1-3H3,(H,26,28)/t15-,23-/m1/s1. The summed E-state index contributed by atoms with van der Waals surface area (Å²) in [6.45, 7) is 3.47. The van der Waals surface area contributed by atoms with Crippen LogP contribution in [0.3, 0.4) is 0 Å². The predicted molar refractivity (Wildman–Crippen MR) is 113 cm³/mol. The fourth-order valence-electron chi connectivity index (χ4n) is 4.43. The van der Waals surface area contributed by atoms with E-state index in [-0.39, 0.29) is 29.7 Å². The molecule has 0 bridgehead atoms. The number of carbonyl (C=O) groups is 1. The van der Waals surface area contributed by atoms with Gasteiger partial charge in [-0.2, -0.15) is 0 Å². The van der Waals surface area contributed by atoms with E-state index in [1.807, 2.05) is 18.2 Å². The second-order valence-corrected chi connectivity index (χ2v) is 8.27. The molecular weight excluding hydrogens is 383 g/mol. The van der Waals surface area contributed by atoms with Crippen LogP contribution in [0.4, 0.5) is 4.39 Å². The lowest BCUT2D eigenvalue weighted by molar-refractivity contribution is -0.123. The van der Waals surface area contributed by atoms with Crippen molar-refractivity contribution in [2.24, 2.45) is 5.92 Å². The Kier molecular flexibility index (Phi) is 5.95. The fourth-order valence-corrected chi connectivity index (χ4v) is 4.43. The van der Waals surface area contributed by atoms with Crippen molar-refractivity contribution in [2.45, 2.75) is 44.8 Å². The largest absolute Gasteiger partial charge is 0.493 e. The highest BCUT2D eigenvalue weighted by Gasteiger charge is 2.36. The molecule has 160 valence electrons. The first kappa shape index (κ1) is 20.7. The number of methoxy groups -OCH3 is 2. The van der Waals surface area contributed by atoms with Gasteiger partial charge in [0.2, 0.25) is 5.91 Å². The van der Waals surface area contributed by atoms with E-state index in [0.717, 1.165) is 36.9 Å². The quantitative estimate of drug-likeness (QED) is 0.750. The Morgan fingerprint density at radius 1 is 1.20 bits per heavy atom. The molecule has 1 heterocycles. The number of amides is 1. The summed E-state index contributed by atoms with van der Waals surface area (Å²) in [7, 11) is 3.27. The monoisotopic (exact) mass is 412 g/mol. The van der Waals surface area contributed by atoms with E-state index in [4.69, 9.17) is 9.47 Å². The van der Waals surface area contributed by atoms with E-state index in [0.29, 0.717) is 18.0 Å². The van der Waals surface area contributed by atoms with Crippen LogP contribution in [0.5, 0.6) is 11.5 Å². The lowest BCUT2D eigenvalue weighted by Gasteiger charge is -2.41. The van der Waals surface area contributed by atoms with Crippen molar-refractivity contribution in [3.8, 4) is 11.5 Å². The number of hydrogen-bond donors (Lipinski definition) is 1. The SMILES string of the molecule is COc1cc2c(cc1OC)[C@@H]([C@@H](C)NC(=O)C1CC1)N(Cc1cccc(F)c1)CC2. The minimum atomic E-state index is -0.233. The molecule has 0 radical (unpaired) electrons. The van der Waals surface area contributed by atoms with Gasteiger partial charge in [0.05, 0.1) is 20.3 Å². The maximum Gasteiger partial charge on any atom is 0.223 e. The molecule has 0 saturated heterocycles. The molecule has 5 nitrogen and oxygen atoms in total. The van der Waals surface area contributed by atoms with E-state index >= 15 is 0 Å². The van der Waals surface area contributed by atoms with Gasteiger partial charge in [-0.3, -0.25) is 9.69 Å². The molecule has 2 aromatic carbocycles. The number of rotatable bonds is 7. The van der Waals surface area contributed by atoms with Gasteiger partial charge >= 0.3 is 0 Å². The zero-order valence-electron chi connectivity index (χ0n) is 17.8. The van der Waals surface area contributed by atoms with Gasteiger partial charge in [-0.25, -0.2) is 4.39 Å². The normalized spacial score (nSPS) is 19.7. The van der Waals surface area contributed by atoms with Crippen molar-refractivity contribution in [1.82, 2.24) is 10.2 Å². The minimum absolute atomic E-state index is 0.0421. The molecular formula is C24H29FN2O3. The van der Waals surface area contributed by atoms with Gasteiger partial charge in [0, 0.05) is 25.0 Å². The molecule has 2 atom stereocenters. The minimum Gasteiger partial charge on any atom is -0.493 e. The number of halogens is 1. The average molecular weight is 413 g/mol. The van der Waals surface area contributed by atoms with Crippen LogP contribution in [-0.2, 0) is 17.8 Å². The number of hydrogen-bond acceptors (Lipinski definition) is 4. The summed E-state index contributed by atoms with van der Waals surface area (Å²) in [5.41, 5.74) is 3.24. The number of carbonyl (C=O) groups excluding carboxylic acids is 1.